The van der Waals surface area contributed by atoms with E-state index in [1.54, 1.807) is 6.33 Å². The summed E-state index contributed by atoms with van der Waals surface area (Å²) >= 11 is 0. The van der Waals surface area contributed by atoms with Crippen LogP contribution in [0.2, 0.25) is 0 Å². The molecule has 0 bridgehead atoms. The van der Waals surface area contributed by atoms with Gasteiger partial charge in [0.05, 0.1) is 11.2 Å². The smallest absolute Gasteiger partial charge is 0.252 e. The van der Waals surface area contributed by atoms with Crippen LogP contribution in [0.1, 0.15) is 52.8 Å². The molecule has 2 aromatic rings. The van der Waals surface area contributed by atoms with Gasteiger partial charge in [-0.25, -0.2) is 4.98 Å². The van der Waals surface area contributed by atoms with Crippen LogP contribution in [-0.2, 0) is 11.1 Å². The average molecular weight is 259 g/mol. The third-order valence-electron chi connectivity index (χ3n) is 4.27. The summed E-state index contributed by atoms with van der Waals surface area (Å²) in [4.78, 5) is 11.2. The van der Waals surface area contributed by atoms with Gasteiger partial charge < -0.3 is 0 Å². The maximum Gasteiger partial charge on any atom is 0.252 e. The largest absolute Gasteiger partial charge is 0.281 e. The molecule has 5 heteroatoms. The molecule has 0 amide bonds. The second-order valence-electron chi connectivity index (χ2n) is 6.57. The molecule has 1 aliphatic heterocycles. The summed E-state index contributed by atoms with van der Waals surface area (Å²) in [6, 6.07) is 0.441. The van der Waals surface area contributed by atoms with Gasteiger partial charge in [0, 0.05) is 23.3 Å². The minimum atomic E-state index is -0.0953. The van der Waals surface area contributed by atoms with E-state index in [1.165, 1.54) is 11.3 Å². The number of fused-ring (bicyclic) bond motifs is 3. The van der Waals surface area contributed by atoms with Gasteiger partial charge in [-0.3, -0.25) is 4.90 Å². The van der Waals surface area contributed by atoms with Gasteiger partial charge in [-0.15, -0.1) is 0 Å². The Hall–Kier alpha value is -1.49. The van der Waals surface area contributed by atoms with Crippen molar-refractivity contribution in [3.05, 3.63) is 23.8 Å². The highest BCUT2D eigenvalue weighted by atomic mass is 15.4. The van der Waals surface area contributed by atoms with E-state index in [0.29, 0.717) is 11.8 Å². The number of hydrogen-bond acceptors (Lipinski definition) is 4. The summed E-state index contributed by atoms with van der Waals surface area (Å²) in [5, 5.41) is 4.36. The Balaban J connectivity index is 2.38. The van der Waals surface area contributed by atoms with Crippen LogP contribution in [0.25, 0.3) is 5.78 Å². The second-order valence-corrected chi connectivity index (χ2v) is 6.57. The summed E-state index contributed by atoms with van der Waals surface area (Å²) in [6.45, 7) is 13.5. The quantitative estimate of drug-likeness (QED) is 0.788. The third kappa shape index (κ3) is 1.42. The normalized spacial score (nSPS) is 21.2. The fraction of sp³-hybridized carbons (Fsp3) is 0.643. The summed E-state index contributed by atoms with van der Waals surface area (Å²) in [5.74, 6) is 0.674. The van der Waals surface area contributed by atoms with Gasteiger partial charge >= 0.3 is 0 Å². The fourth-order valence-electron chi connectivity index (χ4n) is 4.05. The van der Waals surface area contributed by atoms with Crippen LogP contribution in [0, 0.1) is 0 Å². The molecule has 3 rings (SSSR count). The van der Waals surface area contributed by atoms with Crippen molar-refractivity contribution in [3.8, 4) is 0 Å². The van der Waals surface area contributed by atoms with Crippen molar-refractivity contribution < 1.29 is 0 Å². The molecule has 0 N–H and O–H groups in total. The van der Waals surface area contributed by atoms with Gasteiger partial charge in [-0.05, 0) is 41.5 Å². The van der Waals surface area contributed by atoms with Crippen LogP contribution < -0.4 is 0 Å². The van der Waals surface area contributed by atoms with E-state index in [1.807, 2.05) is 10.7 Å². The average Bonchev–Trinajstić information content (AvgIpc) is 2.77. The zero-order valence-electron chi connectivity index (χ0n) is 12.5. The third-order valence-corrected chi connectivity index (χ3v) is 4.27. The lowest BCUT2D eigenvalue weighted by Gasteiger charge is -2.43. The molecule has 102 valence electrons. The topological polar surface area (TPSA) is 46.3 Å². The SMILES string of the molecule is CC(C)N1C(C)(C)c2cnc3ncnn3c2C1(C)C. The van der Waals surface area contributed by atoms with Crippen LogP contribution in [0.4, 0.5) is 0 Å². The maximum atomic E-state index is 4.43. The molecule has 3 heterocycles. The van der Waals surface area contributed by atoms with E-state index in [-0.39, 0.29) is 11.1 Å². The highest BCUT2D eigenvalue weighted by molar-refractivity contribution is 5.43. The lowest BCUT2D eigenvalue weighted by molar-refractivity contribution is 0.00664. The first-order valence-electron chi connectivity index (χ1n) is 6.77. The molecule has 0 saturated carbocycles. The standard InChI is InChI=1S/C14H21N5/c1-9(2)19-13(3,4)10-7-15-12-16-8-17-18(12)11(10)14(19,5)6/h7-9H,1-6H3. The van der Waals surface area contributed by atoms with Gasteiger partial charge in [0.15, 0.2) is 0 Å². The first kappa shape index (κ1) is 12.5. The molecule has 1 aliphatic rings. The summed E-state index contributed by atoms with van der Waals surface area (Å²) in [7, 11) is 0. The Morgan fingerprint density at radius 1 is 1.05 bits per heavy atom. The molecule has 0 unspecified atom stereocenters. The van der Waals surface area contributed by atoms with Gasteiger partial charge in [-0.2, -0.15) is 14.6 Å². The first-order chi connectivity index (χ1) is 8.78. The number of nitrogens with zero attached hydrogens (tertiary/aromatic N) is 5. The Morgan fingerprint density at radius 2 is 1.74 bits per heavy atom. The van der Waals surface area contributed by atoms with Gasteiger partial charge in [0.25, 0.3) is 5.78 Å². The fourth-order valence-corrected chi connectivity index (χ4v) is 4.05. The van der Waals surface area contributed by atoms with Crippen LogP contribution in [0.5, 0.6) is 0 Å². The van der Waals surface area contributed by atoms with E-state index in [0.717, 1.165) is 0 Å². The zero-order chi connectivity index (χ0) is 14.0. The van der Waals surface area contributed by atoms with Crippen molar-refractivity contribution in [1.29, 1.82) is 0 Å². The monoisotopic (exact) mass is 259 g/mol. The van der Waals surface area contributed by atoms with E-state index in [2.05, 4.69) is 61.5 Å². The predicted molar refractivity (Wildman–Crippen MR) is 73.8 cm³/mol. The van der Waals surface area contributed by atoms with Crippen LogP contribution in [0.3, 0.4) is 0 Å². The Labute approximate surface area is 113 Å². The Kier molecular flexibility index (Phi) is 2.33. The lowest BCUT2D eigenvalue weighted by atomic mass is 9.96. The van der Waals surface area contributed by atoms with Gasteiger partial charge in [0.1, 0.15) is 6.33 Å². The van der Waals surface area contributed by atoms with E-state index in [9.17, 15) is 0 Å². The highest BCUT2D eigenvalue weighted by Crippen LogP contribution is 2.49. The zero-order valence-corrected chi connectivity index (χ0v) is 12.5. The van der Waals surface area contributed by atoms with E-state index in [4.69, 9.17) is 0 Å². The predicted octanol–water partition coefficient (Wildman–Crippen LogP) is 2.32. The molecular weight excluding hydrogens is 238 g/mol. The van der Waals surface area contributed by atoms with Crippen molar-refractivity contribution in [2.24, 2.45) is 0 Å². The summed E-state index contributed by atoms with van der Waals surface area (Å²) in [5.41, 5.74) is 2.29. The molecule has 2 aromatic heterocycles. The van der Waals surface area contributed by atoms with Gasteiger partial charge in [-0.1, -0.05) is 0 Å². The minimum Gasteiger partial charge on any atom is -0.281 e. The van der Waals surface area contributed by atoms with Crippen LogP contribution >= 0.6 is 0 Å². The molecule has 0 radical (unpaired) electrons. The Morgan fingerprint density at radius 3 is 2.37 bits per heavy atom. The number of aromatic nitrogens is 4. The number of rotatable bonds is 1. The minimum absolute atomic E-state index is 0.0554. The lowest BCUT2D eigenvalue weighted by Crippen LogP contribution is -2.49. The first-order valence-corrected chi connectivity index (χ1v) is 6.77. The molecule has 0 fully saturated rings. The maximum absolute atomic E-state index is 4.43. The molecule has 0 aliphatic carbocycles. The van der Waals surface area contributed by atoms with Crippen molar-refractivity contribution >= 4 is 5.78 Å². The molecule has 0 spiro atoms. The molecule has 0 saturated heterocycles. The molecule has 0 aromatic carbocycles. The van der Waals surface area contributed by atoms with Crippen molar-refractivity contribution in [1.82, 2.24) is 24.5 Å². The summed E-state index contributed by atoms with van der Waals surface area (Å²) < 4.78 is 1.89. The highest BCUT2D eigenvalue weighted by Gasteiger charge is 2.52. The van der Waals surface area contributed by atoms with Gasteiger partial charge in [0.2, 0.25) is 0 Å². The van der Waals surface area contributed by atoms with E-state index < -0.39 is 0 Å². The second kappa shape index (κ2) is 3.54. The van der Waals surface area contributed by atoms with Crippen LogP contribution in [-0.4, -0.2) is 30.5 Å². The van der Waals surface area contributed by atoms with Crippen LogP contribution in [0.15, 0.2) is 12.5 Å². The molecular formula is C14H21N5. The molecule has 5 nitrogen and oxygen atoms in total. The van der Waals surface area contributed by atoms with E-state index >= 15 is 0 Å². The van der Waals surface area contributed by atoms with Crippen molar-refractivity contribution in [3.63, 3.8) is 0 Å². The summed E-state index contributed by atoms with van der Waals surface area (Å²) in [6.07, 6.45) is 3.53. The molecule has 19 heavy (non-hydrogen) atoms. The molecule has 0 atom stereocenters. The van der Waals surface area contributed by atoms with Crippen molar-refractivity contribution in [2.45, 2.75) is 58.7 Å². The number of hydrogen-bond donors (Lipinski definition) is 0. The van der Waals surface area contributed by atoms with Crippen molar-refractivity contribution in [2.75, 3.05) is 0 Å². The Bertz CT molecular complexity index is 638.